The Hall–Kier alpha value is -3.16. The zero-order valence-electron chi connectivity index (χ0n) is 22.2. The van der Waals surface area contributed by atoms with Crippen LogP contribution in [0.4, 0.5) is 0 Å². The summed E-state index contributed by atoms with van der Waals surface area (Å²) >= 11 is 0. The number of nitrogens with one attached hydrogen (secondary N) is 1. The van der Waals surface area contributed by atoms with Crippen molar-refractivity contribution in [1.29, 1.82) is 0 Å². The van der Waals surface area contributed by atoms with Crippen molar-refractivity contribution in [3.63, 3.8) is 0 Å². The number of H-pyrrole nitrogens is 1. The van der Waals surface area contributed by atoms with Gasteiger partial charge in [-0.25, -0.2) is 0 Å². The molecule has 0 fully saturated rings. The van der Waals surface area contributed by atoms with Gasteiger partial charge in [0.1, 0.15) is 0 Å². The van der Waals surface area contributed by atoms with Crippen molar-refractivity contribution in [3.8, 4) is 12.8 Å². The number of aryl methyl sites for hydroxylation is 1. The van der Waals surface area contributed by atoms with Gasteiger partial charge in [0, 0.05) is 29.2 Å². The van der Waals surface area contributed by atoms with E-state index in [0.717, 1.165) is 40.6 Å². The fourth-order valence-corrected chi connectivity index (χ4v) is 3.54. The van der Waals surface area contributed by atoms with Gasteiger partial charge in [0.15, 0.2) is 6.29 Å². The number of terminal acetylenes is 1. The van der Waals surface area contributed by atoms with E-state index in [-0.39, 0.29) is 0 Å². The second-order valence-electron chi connectivity index (χ2n) is 7.83. The van der Waals surface area contributed by atoms with Crippen LogP contribution >= 0.6 is 0 Å². The summed E-state index contributed by atoms with van der Waals surface area (Å²) in [5, 5.41) is 1.12. The van der Waals surface area contributed by atoms with E-state index >= 15 is 0 Å². The lowest BCUT2D eigenvalue weighted by Gasteiger charge is -2.12. The molecule has 0 unspecified atom stereocenters. The molecule has 1 N–H and O–H groups in total. The number of aromatic nitrogens is 1. The Morgan fingerprint density at radius 3 is 2.21 bits per heavy atom. The first-order chi connectivity index (χ1) is 16.5. The van der Waals surface area contributed by atoms with Gasteiger partial charge >= 0.3 is 0 Å². The van der Waals surface area contributed by atoms with Gasteiger partial charge < -0.3 is 9.88 Å². The number of carbonyl (C=O) groups is 1. The van der Waals surface area contributed by atoms with Crippen molar-refractivity contribution in [2.24, 2.45) is 4.99 Å². The lowest BCUT2D eigenvalue weighted by Crippen LogP contribution is -2.19. The molecular formula is C30H43N3O. The minimum Gasteiger partial charge on any atom is -0.354 e. The Labute approximate surface area is 207 Å². The Kier molecular flexibility index (Phi) is 16.6. The largest absolute Gasteiger partial charge is 0.354 e. The Morgan fingerprint density at radius 2 is 1.74 bits per heavy atom. The van der Waals surface area contributed by atoms with Gasteiger partial charge in [-0.05, 0) is 88.7 Å². The number of aromatic amines is 1. The number of hydrogen-bond donors (Lipinski definition) is 1. The van der Waals surface area contributed by atoms with Gasteiger partial charge in [0.05, 0.1) is 5.71 Å². The highest BCUT2D eigenvalue weighted by atomic mass is 16.1. The average Bonchev–Trinajstić information content (AvgIpc) is 3.28. The third kappa shape index (κ3) is 10.2. The Balaban J connectivity index is 0.000000924. The van der Waals surface area contributed by atoms with Crippen LogP contribution in [-0.2, 0) is 11.2 Å². The molecule has 0 aliphatic carbocycles. The first-order valence-corrected chi connectivity index (χ1v) is 12.0. The highest BCUT2D eigenvalue weighted by Crippen LogP contribution is 2.22. The monoisotopic (exact) mass is 461 g/mol. The second-order valence-corrected chi connectivity index (χ2v) is 7.83. The van der Waals surface area contributed by atoms with E-state index in [4.69, 9.17) is 0 Å². The quantitative estimate of drug-likeness (QED) is 0.138. The highest BCUT2D eigenvalue weighted by molar-refractivity contribution is 6.21. The van der Waals surface area contributed by atoms with Crippen LogP contribution in [0, 0.1) is 12.8 Å². The topological polar surface area (TPSA) is 48.5 Å². The number of hydrogen-bond acceptors (Lipinski definition) is 3. The summed E-state index contributed by atoms with van der Waals surface area (Å²) in [4.78, 5) is 21.7. The molecule has 2 rings (SSSR count). The molecule has 0 bridgehead atoms. The molecule has 2 aromatic rings. The van der Waals surface area contributed by atoms with Crippen molar-refractivity contribution < 1.29 is 4.79 Å². The van der Waals surface area contributed by atoms with Crippen LogP contribution in [0.3, 0.4) is 0 Å². The molecule has 4 nitrogen and oxygen atoms in total. The zero-order chi connectivity index (χ0) is 25.9. The molecule has 4 heteroatoms. The molecule has 184 valence electrons. The molecule has 34 heavy (non-hydrogen) atoms. The van der Waals surface area contributed by atoms with E-state index in [1.807, 2.05) is 44.2 Å². The SMILES string of the molecule is C#C.C/C=C\C(=C/C)C(/C=C(\C=O)c1cc2cc(CC)ccc2[nH]1)=NC.CCCN(C)CCC. The first-order valence-electron chi connectivity index (χ1n) is 12.0. The van der Waals surface area contributed by atoms with Crippen LogP contribution in [0.15, 0.2) is 59.1 Å². The fraction of sp³-hybridized carbons (Fsp3) is 0.400. The van der Waals surface area contributed by atoms with Crippen LogP contribution in [0.2, 0.25) is 0 Å². The molecule has 0 spiro atoms. The molecule has 0 aliphatic heterocycles. The maximum Gasteiger partial charge on any atom is 0.152 e. The van der Waals surface area contributed by atoms with Crippen LogP contribution < -0.4 is 0 Å². The van der Waals surface area contributed by atoms with Crippen LogP contribution in [0.1, 0.15) is 58.7 Å². The van der Waals surface area contributed by atoms with Crippen molar-refractivity contribution in [3.05, 3.63) is 65.4 Å². The van der Waals surface area contributed by atoms with E-state index in [2.05, 4.69) is 73.7 Å². The van der Waals surface area contributed by atoms with Gasteiger partial charge in [-0.15, -0.1) is 12.8 Å². The number of benzene rings is 1. The van der Waals surface area contributed by atoms with Crippen molar-refractivity contribution in [1.82, 2.24) is 9.88 Å². The highest BCUT2D eigenvalue weighted by Gasteiger charge is 2.09. The van der Waals surface area contributed by atoms with Gasteiger partial charge in [0.2, 0.25) is 0 Å². The maximum absolute atomic E-state index is 11.6. The predicted octanol–water partition coefficient (Wildman–Crippen LogP) is 6.89. The lowest BCUT2D eigenvalue weighted by atomic mass is 10.0. The lowest BCUT2D eigenvalue weighted by molar-refractivity contribution is -0.103. The molecule has 0 atom stereocenters. The average molecular weight is 462 g/mol. The van der Waals surface area contributed by atoms with E-state index in [1.54, 1.807) is 7.05 Å². The number of aldehydes is 1. The third-order valence-electron chi connectivity index (χ3n) is 5.23. The van der Waals surface area contributed by atoms with E-state index in [1.165, 1.54) is 31.5 Å². The number of fused-ring (bicyclic) bond motifs is 1. The summed E-state index contributed by atoms with van der Waals surface area (Å²) in [6, 6.07) is 8.35. The second kappa shape index (κ2) is 18.3. The minimum absolute atomic E-state index is 0.591. The summed E-state index contributed by atoms with van der Waals surface area (Å²) in [5.74, 6) is 0. The summed E-state index contributed by atoms with van der Waals surface area (Å²) in [6.45, 7) is 13.0. The van der Waals surface area contributed by atoms with Crippen LogP contribution in [-0.4, -0.2) is 49.1 Å². The summed E-state index contributed by atoms with van der Waals surface area (Å²) < 4.78 is 0. The van der Waals surface area contributed by atoms with Gasteiger partial charge in [-0.1, -0.05) is 45.1 Å². The molecular weight excluding hydrogens is 418 g/mol. The standard InChI is InChI=1S/C21H24N2O.C7H17N.C2H2/c1-5-8-16(7-3)20(22-4)13-18(14-24)21-12-17-11-15(6-2)9-10-19(17)23-21;1-4-6-8(3)7-5-2;1-2/h5,7-14,23H,6H2,1-4H3;4-7H2,1-3H3;1-2H/b8-5-,16-7+,18-13+,22-20?;;. The minimum atomic E-state index is 0.591. The van der Waals surface area contributed by atoms with Crippen LogP contribution in [0.25, 0.3) is 16.5 Å². The summed E-state index contributed by atoms with van der Waals surface area (Å²) in [7, 11) is 3.91. The normalized spacial score (nSPS) is 12.4. The number of nitrogens with zero attached hydrogens (tertiary/aromatic N) is 2. The third-order valence-corrected chi connectivity index (χ3v) is 5.23. The van der Waals surface area contributed by atoms with Crippen molar-refractivity contribution in [2.45, 2.75) is 53.9 Å². The number of allylic oxidation sites excluding steroid dienone is 6. The predicted molar refractivity (Wildman–Crippen MR) is 152 cm³/mol. The Morgan fingerprint density at radius 1 is 1.09 bits per heavy atom. The summed E-state index contributed by atoms with van der Waals surface area (Å²) in [5.41, 5.74) is 5.49. The van der Waals surface area contributed by atoms with Gasteiger partial charge in [-0.3, -0.25) is 9.79 Å². The molecule has 0 saturated heterocycles. The number of carbonyl (C=O) groups excluding carboxylic acids is 1. The summed E-state index contributed by atoms with van der Waals surface area (Å²) in [6.07, 6.45) is 20.2. The maximum atomic E-state index is 11.6. The van der Waals surface area contributed by atoms with Gasteiger partial charge in [0.25, 0.3) is 0 Å². The number of rotatable bonds is 10. The number of aliphatic imine (C=N–C) groups is 1. The Bertz CT molecular complexity index is 996. The molecule has 0 aliphatic rings. The van der Waals surface area contributed by atoms with Crippen LogP contribution in [0.5, 0.6) is 0 Å². The molecule has 1 aromatic carbocycles. The molecule has 1 aromatic heterocycles. The first kappa shape index (κ1) is 30.8. The van der Waals surface area contributed by atoms with Gasteiger partial charge in [-0.2, -0.15) is 0 Å². The smallest absolute Gasteiger partial charge is 0.152 e. The molecule has 0 radical (unpaired) electrons. The van der Waals surface area contributed by atoms with Crippen molar-refractivity contribution in [2.75, 3.05) is 27.2 Å². The van der Waals surface area contributed by atoms with E-state index in [9.17, 15) is 4.79 Å². The zero-order valence-corrected chi connectivity index (χ0v) is 22.2. The van der Waals surface area contributed by atoms with E-state index in [0.29, 0.717) is 5.57 Å². The molecule has 0 saturated carbocycles. The fourth-order valence-electron chi connectivity index (χ4n) is 3.54. The van der Waals surface area contributed by atoms with Crippen molar-refractivity contribution >= 4 is 28.5 Å². The van der Waals surface area contributed by atoms with E-state index < -0.39 is 0 Å². The molecule has 0 amide bonds. The molecule has 1 heterocycles.